The maximum atomic E-state index is 12.2. The van der Waals surface area contributed by atoms with E-state index in [-0.39, 0.29) is 0 Å². The number of nitrogens with zero attached hydrogens (tertiary/aromatic N) is 1. The average molecular weight is 265 g/mol. The molecule has 0 saturated heterocycles. The zero-order valence-electron chi connectivity index (χ0n) is 11.4. The van der Waals surface area contributed by atoms with Gasteiger partial charge in [0, 0.05) is 24.4 Å². The minimum absolute atomic E-state index is 0.308. The molecular weight excluding hydrogens is 242 g/mol. The Balaban J connectivity index is 1.84. The van der Waals surface area contributed by atoms with Crippen molar-refractivity contribution in [1.82, 2.24) is 4.90 Å². The van der Waals surface area contributed by atoms with Gasteiger partial charge in [0.05, 0.1) is 0 Å². The highest BCUT2D eigenvalue weighted by molar-refractivity contribution is 7.09. The second-order valence-electron chi connectivity index (χ2n) is 5.41. The van der Waals surface area contributed by atoms with Crippen molar-refractivity contribution in [3.8, 4) is 0 Å². The van der Waals surface area contributed by atoms with Gasteiger partial charge in [-0.15, -0.1) is 11.3 Å². The van der Waals surface area contributed by atoms with Crippen LogP contribution in [0.5, 0.6) is 0 Å². The molecule has 0 aromatic carbocycles. The number of aryl methyl sites for hydroxylation is 1. The Bertz CT molecular complexity index is 374. The summed E-state index contributed by atoms with van der Waals surface area (Å²) < 4.78 is 0. The molecule has 0 aliphatic heterocycles. The van der Waals surface area contributed by atoms with E-state index in [1.165, 1.54) is 30.6 Å². The summed E-state index contributed by atoms with van der Waals surface area (Å²) in [6, 6.07) is 4.63. The Hall–Kier alpha value is -0.830. The van der Waals surface area contributed by atoms with Crippen LogP contribution in [0, 0.1) is 5.92 Å². The van der Waals surface area contributed by atoms with E-state index in [0.717, 1.165) is 6.42 Å². The number of hydrogen-bond acceptors (Lipinski definition) is 2. The molecule has 0 bridgehead atoms. The van der Waals surface area contributed by atoms with E-state index in [2.05, 4.69) is 24.4 Å². The lowest BCUT2D eigenvalue weighted by Crippen LogP contribution is -2.42. The van der Waals surface area contributed by atoms with E-state index in [9.17, 15) is 4.79 Å². The number of carbonyl (C=O) groups is 1. The highest BCUT2D eigenvalue weighted by Crippen LogP contribution is 2.27. The Kier molecular flexibility index (Phi) is 4.81. The number of thiophene rings is 1. The first kappa shape index (κ1) is 13.6. The van der Waals surface area contributed by atoms with E-state index in [1.54, 1.807) is 11.3 Å². The van der Waals surface area contributed by atoms with Crippen LogP contribution < -0.4 is 0 Å². The lowest BCUT2D eigenvalue weighted by molar-refractivity contribution is -0.133. The van der Waals surface area contributed by atoms with Crippen molar-refractivity contribution in [2.75, 3.05) is 7.05 Å². The molecule has 0 spiro atoms. The van der Waals surface area contributed by atoms with Crippen LogP contribution in [0.1, 0.15) is 43.9 Å². The highest BCUT2D eigenvalue weighted by Gasteiger charge is 2.27. The van der Waals surface area contributed by atoms with Gasteiger partial charge in [0.25, 0.3) is 0 Å². The molecule has 1 aromatic heterocycles. The third-order valence-electron chi connectivity index (χ3n) is 4.12. The van der Waals surface area contributed by atoms with Gasteiger partial charge in [-0.25, -0.2) is 0 Å². The monoisotopic (exact) mass is 265 g/mol. The molecule has 1 aliphatic rings. The normalized spacial score (nSPS) is 23.9. The van der Waals surface area contributed by atoms with Gasteiger partial charge in [-0.1, -0.05) is 25.8 Å². The number of carbonyl (C=O) groups excluding carboxylic acids is 1. The third-order valence-corrected chi connectivity index (χ3v) is 5.06. The Morgan fingerprint density at radius 2 is 2.22 bits per heavy atom. The molecule has 2 unspecified atom stereocenters. The van der Waals surface area contributed by atoms with Crippen LogP contribution in [0.4, 0.5) is 0 Å². The van der Waals surface area contributed by atoms with E-state index in [0.29, 0.717) is 24.3 Å². The van der Waals surface area contributed by atoms with E-state index in [1.807, 2.05) is 11.9 Å². The quantitative estimate of drug-likeness (QED) is 0.812. The number of rotatable bonds is 4. The molecule has 1 fully saturated rings. The molecule has 2 rings (SSSR count). The smallest absolute Gasteiger partial charge is 0.222 e. The third kappa shape index (κ3) is 3.35. The van der Waals surface area contributed by atoms with Gasteiger partial charge >= 0.3 is 0 Å². The summed E-state index contributed by atoms with van der Waals surface area (Å²) in [5.74, 6) is 0.969. The summed E-state index contributed by atoms with van der Waals surface area (Å²) >= 11 is 1.74. The van der Waals surface area contributed by atoms with Crippen molar-refractivity contribution in [1.29, 1.82) is 0 Å². The summed E-state index contributed by atoms with van der Waals surface area (Å²) in [5.41, 5.74) is 0. The predicted molar refractivity (Wildman–Crippen MR) is 76.8 cm³/mol. The number of hydrogen-bond donors (Lipinski definition) is 0. The summed E-state index contributed by atoms with van der Waals surface area (Å²) in [6.07, 6.45) is 6.60. The zero-order chi connectivity index (χ0) is 13.0. The molecular formula is C15H23NOS. The van der Waals surface area contributed by atoms with Crippen molar-refractivity contribution < 1.29 is 4.79 Å². The van der Waals surface area contributed by atoms with Gasteiger partial charge in [0.2, 0.25) is 5.91 Å². The van der Waals surface area contributed by atoms with Crippen LogP contribution in [-0.4, -0.2) is 23.9 Å². The first-order valence-corrected chi connectivity index (χ1v) is 7.84. The van der Waals surface area contributed by atoms with E-state index >= 15 is 0 Å². The van der Waals surface area contributed by atoms with Crippen LogP contribution in [0.15, 0.2) is 17.5 Å². The second kappa shape index (κ2) is 6.37. The Morgan fingerprint density at radius 1 is 1.44 bits per heavy atom. The maximum Gasteiger partial charge on any atom is 0.222 e. The fourth-order valence-corrected chi connectivity index (χ4v) is 3.63. The topological polar surface area (TPSA) is 20.3 Å². The lowest BCUT2D eigenvalue weighted by atomic mass is 9.85. The van der Waals surface area contributed by atoms with Gasteiger partial charge in [-0.2, -0.15) is 0 Å². The highest BCUT2D eigenvalue weighted by atomic mass is 32.1. The van der Waals surface area contributed by atoms with Crippen LogP contribution in [0.25, 0.3) is 0 Å². The summed E-state index contributed by atoms with van der Waals surface area (Å²) in [7, 11) is 1.99. The minimum Gasteiger partial charge on any atom is -0.343 e. The Morgan fingerprint density at radius 3 is 2.89 bits per heavy atom. The van der Waals surface area contributed by atoms with Crippen LogP contribution in [0.2, 0.25) is 0 Å². The minimum atomic E-state index is 0.308. The molecule has 0 N–H and O–H groups in total. The first-order chi connectivity index (χ1) is 8.68. The van der Waals surface area contributed by atoms with Crippen LogP contribution >= 0.6 is 11.3 Å². The fourth-order valence-electron chi connectivity index (χ4n) is 2.92. The molecule has 1 aliphatic carbocycles. The van der Waals surface area contributed by atoms with Crippen molar-refractivity contribution in [3.05, 3.63) is 22.4 Å². The second-order valence-corrected chi connectivity index (χ2v) is 6.45. The van der Waals surface area contributed by atoms with Gasteiger partial charge in [0.15, 0.2) is 0 Å². The van der Waals surface area contributed by atoms with Gasteiger partial charge < -0.3 is 4.90 Å². The summed E-state index contributed by atoms with van der Waals surface area (Å²) in [6.45, 7) is 2.28. The van der Waals surface area contributed by atoms with Gasteiger partial charge in [-0.3, -0.25) is 4.79 Å². The first-order valence-electron chi connectivity index (χ1n) is 6.96. The molecule has 100 valence electrons. The molecule has 1 amide bonds. The molecule has 3 heteroatoms. The molecule has 18 heavy (non-hydrogen) atoms. The van der Waals surface area contributed by atoms with Gasteiger partial charge in [0.1, 0.15) is 0 Å². The molecule has 2 atom stereocenters. The number of amides is 1. The summed E-state index contributed by atoms with van der Waals surface area (Å²) in [4.78, 5) is 15.5. The van der Waals surface area contributed by atoms with Crippen molar-refractivity contribution in [2.45, 2.75) is 51.5 Å². The van der Waals surface area contributed by atoms with Crippen molar-refractivity contribution >= 4 is 17.2 Å². The van der Waals surface area contributed by atoms with E-state index < -0.39 is 0 Å². The van der Waals surface area contributed by atoms with Gasteiger partial charge in [-0.05, 0) is 36.6 Å². The maximum absolute atomic E-state index is 12.2. The van der Waals surface area contributed by atoms with Crippen molar-refractivity contribution in [3.63, 3.8) is 0 Å². The fraction of sp³-hybridized carbons (Fsp3) is 0.667. The Labute approximate surface area is 114 Å². The lowest BCUT2D eigenvalue weighted by Gasteiger charge is -2.36. The molecule has 2 nitrogen and oxygen atoms in total. The predicted octanol–water partition coefficient (Wildman–Crippen LogP) is 3.72. The summed E-state index contributed by atoms with van der Waals surface area (Å²) in [5, 5.41) is 2.08. The van der Waals surface area contributed by atoms with Crippen LogP contribution in [0.3, 0.4) is 0 Å². The molecule has 1 heterocycles. The standard InChI is InChI=1S/C15H23NOS/c1-12-6-3-4-8-14(12)16(2)15(17)10-9-13-7-5-11-18-13/h5,7,11-12,14H,3-4,6,8-10H2,1-2H3. The molecule has 1 saturated carbocycles. The molecule has 0 radical (unpaired) electrons. The van der Waals surface area contributed by atoms with Crippen molar-refractivity contribution in [2.24, 2.45) is 5.92 Å². The van der Waals surface area contributed by atoms with E-state index in [4.69, 9.17) is 0 Å². The largest absolute Gasteiger partial charge is 0.343 e. The molecule has 1 aromatic rings. The SMILES string of the molecule is CC1CCCCC1N(C)C(=O)CCc1cccs1. The average Bonchev–Trinajstić information content (AvgIpc) is 2.89. The zero-order valence-corrected chi connectivity index (χ0v) is 12.2. The van der Waals surface area contributed by atoms with Crippen LogP contribution in [-0.2, 0) is 11.2 Å².